The summed E-state index contributed by atoms with van der Waals surface area (Å²) in [7, 11) is 0. The Hall–Kier alpha value is -0.780. The first-order chi connectivity index (χ1) is 6.68. The van der Waals surface area contributed by atoms with Crippen molar-refractivity contribution in [3.05, 3.63) is 34.9 Å². The first-order valence-electron chi connectivity index (χ1n) is 5.81. The van der Waals surface area contributed by atoms with Gasteiger partial charge in [-0.15, -0.1) is 0 Å². The zero-order valence-corrected chi connectivity index (χ0v) is 9.51. The van der Waals surface area contributed by atoms with Crippen LogP contribution < -0.4 is 0 Å². The third-order valence-electron chi connectivity index (χ3n) is 3.45. The quantitative estimate of drug-likeness (QED) is 0.618. The Kier molecular flexibility index (Phi) is 2.62. The molecule has 0 radical (unpaired) electrons. The maximum absolute atomic E-state index is 2.43. The van der Waals surface area contributed by atoms with Gasteiger partial charge in [0.05, 0.1) is 0 Å². The Morgan fingerprint density at radius 3 is 2.79 bits per heavy atom. The fourth-order valence-corrected chi connectivity index (χ4v) is 2.41. The van der Waals surface area contributed by atoms with Crippen molar-refractivity contribution in [3.63, 3.8) is 0 Å². The first-order valence-corrected chi connectivity index (χ1v) is 5.81. The molecule has 1 atom stereocenters. The second-order valence-electron chi connectivity index (χ2n) is 4.91. The van der Waals surface area contributed by atoms with Crippen LogP contribution in [0, 0.1) is 0 Å². The molecule has 76 valence electrons. The van der Waals surface area contributed by atoms with Crippen LogP contribution in [0.1, 0.15) is 62.1 Å². The van der Waals surface area contributed by atoms with Gasteiger partial charge in [-0.3, -0.25) is 0 Å². The van der Waals surface area contributed by atoms with Gasteiger partial charge in [-0.1, -0.05) is 39.0 Å². The standard InChI is InChI=1S/C14H20/c1-10(2)13-8-7-12-6-4-5-11(3)14(12)9-13/h7-11H,4-6H2,1-3H3. The number of rotatable bonds is 1. The van der Waals surface area contributed by atoms with Crippen molar-refractivity contribution in [3.8, 4) is 0 Å². The largest absolute Gasteiger partial charge is 0.0587 e. The number of benzene rings is 1. The molecule has 14 heavy (non-hydrogen) atoms. The summed E-state index contributed by atoms with van der Waals surface area (Å²) in [4.78, 5) is 0. The lowest BCUT2D eigenvalue weighted by Crippen LogP contribution is -2.07. The molecule has 0 bridgehead atoms. The molecule has 0 aromatic heterocycles. The molecule has 0 amide bonds. The average molecular weight is 188 g/mol. The van der Waals surface area contributed by atoms with Gasteiger partial charge in [0.2, 0.25) is 0 Å². The highest BCUT2D eigenvalue weighted by Gasteiger charge is 2.16. The predicted octanol–water partition coefficient (Wildman–Crippen LogP) is 4.25. The minimum Gasteiger partial charge on any atom is -0.0587 e. The fourth-order valence-electron chi connectivity index (χ4n) is 2.41. The van der Waals surface area contributed by atoms with Gasteiger partial charge < -0.3 is 0 Å². The summed E-state index contributed by atoms with van der Waals surface area (Å²) in [5, 5.41) is 0. The van der Waals surface area contributed by atoms with Crippen molar-refractivity contribution in [2.45, 2.75) is 51.9 Å². The zero-order valence-electron chi connectivity index (χ0n) is 9.51. The monoisotopic (exact) mass is 188 g/mol. The predicted molar refractivity (Wildman–Crippen MR) is 61.9 cm³/mol. The van der Waals surface area contributed by atoms with Crippen LogP contribution in [0.15, 0.2) is 18.2 Å². The van der Waals surface area contributed by atoms with Gasteiger partial charge in [0, 0.05) is 0 Å². The molecule has 1 aromatic carbocycles. The van der Waals surface area contributed by atoms with E-state index in [9.17, 15) is 0 Å². The number of hydrogen-bond donors (Lipinski definition) is 0. The lowest BCUT2D eigenvalue weighted by molar-refractivity contribution is 0.588. The topological polar surface area (TPSA) is 0 Å². The number of hydrogen-bond acceptors (Lipinski definition) is 0. The summed E-state index contributed by atoms with van der Waals surface area (Å²) in [6.45, 7) is 6.91. The number of fused-ring (bicyclic) bond motifs is 1. The Morgan fingerprint density at radius 2 is 2.07 bits per heavy atom. The van der Waals surface area contributed by atoms with Gasteiger partial charge in [0.25, 0.3) is 0 Å². The molecular weight excluding hydrogens is 168 g/mol. The minimum absolute atomic E-state index is 0.662. The van der Waals surface area contributed by atoms with Crippen LogP contribution in [0.4, 0.5) is 0 Å². The number of aryl methyl sites for hydroxylation is 1. The molecule has 0 heteroatoms. The van der Waals surface area contributed by atoms with Crippen LogP contribution in [0.2, 0.25) is 0 Å². The summed E-state index contributed by atoms with van der Waals surface area (Å²) in [6, 6.07) is 7.09. The molecule has 1 aliphatic carbocycles. The second-order valence-corrected chi connectivity index (χ2v) is 4.91. The van der Waals surface area contributed by atoms with E-state index in [0.29, 0.717) is 5.92 Å². The summed E-state index contributed by atoms with van der Waals surface area (Å²) in [5.41, 5.74) is 4.70. The third-order valence-corrected chi connectivity index (χ3v) is 3.45. The Morgan fingerprint density at radius 1 is 1.29 bits per heavy atom. The molecule has 2 rings (SSSR count). The summed E-state index contributed by atoms with van der Waals surface area (Å²) in [5.74, 6) is 1.44. The van der Waals surface area contributed by atoms with Crippen molar-refractivity contribution in [2.24, 2.45) is 0 Å². The van der Waals surface area contributed by atoms with Gasteiger partial charge >= 0.3 is 0 Å². The van der Waals surface area contributed by atoms with E-state index in [2.05, 4.69) is 39.0 Å². The van der Waals surface area contributed by atoms with Crippen LogP contribution in [0.5, 0.6) is 0 Å². The van der Waals surface area contributed by atoms with Crippen molar-refractivity contribution in [1.82, 2.24) is 0 Å². The van der Waals surface area contributed by atoms with Crippen LogP contribution >= 0.6 is 0 Å². The van der Waals surface area contributed by atoms with Crippen molar-refractivity contribution < 1.29 is 0 Å². The zero-order chi connectivity index (χ0) is 10.1. The highest BCUT2D eigenvalue weighted by Crippen LogP contribution is 2.32. The van der Waals surface area contributed by atoms with Crippen LogP contribution in [-0.4, -0.2) is 0 Å². The molecule has 0 heterocycles. The average Bonchev–Trinajstić information content (AvgIpc) is 2.18. The van der Waals surface area contributed by atoms with Crippen LogP contribution in [-0.2, 0) is 6.42 Å². The first kappa shape index (κ1) is 9.76. The molecule has 0 fully saturated rings. The van der Waals surface area contributed by atoms with Crippen molar-refractivity contribution >= 4 is 0 Å². The van der Waals surface area contributed by atoms with Crippen molar-refractivity contribution in [2.75, 3.05) is 0 Å². The second kappa shape index (κ2) is 3.76. The Bertz CT molecular complexity index is 323. The highest BCUT2D eigenvalue weighted by molar-refractivity contribution is 5.37. The molecule has 1 aliphatic rings. The van der Waals surface area contributed by atoms with Crippen LogP contribution in [0.3, 0.4) is 0 Å². The van der Waals surface area contributed by atoms with E-state index in [0.717, 1.165) is 5.92 Å². The van der Waals surface area contributed by atoms with E-state index in [-0.39, 0.29) is 0 Å². The van der Waals surface area contributed by atoms with E-state index >= 15 is 0 Å². The smallest absolute Gasteiger partial charge is 0.0187 e. The Balaban J connectivity index is 2.41. The molecule has 0 aliphatic heterocycles. The third kappa shape index (κ3) is 1.70. The molecule has 0 saturated carbocycles. The molecule has 1 unspecified atom stereocenters. The highest BCUT2D eigenvalue weighted by atomic mass is 14.2. The lowest BCUT2D eigenvalue weighted by atomic mass is 9.82. The molecular formula is C14H20. The fraction of sp³-hybridized carbons (Fsp3) is 0.571. The van der Waals surface area contributed by atoms with E-state index in [1.165, 1.54) is 24.8 Å². The molecule has 0 N–H and O–H groups in total. The minimum atomic E-state index is 0.662. The van der Waals surface area contributed by atoms with Gasteiger partial charge in [-0.05, 0) is 47.8 Å². The maximum Gasteiger partial charge on any atom is -0.0187 e. The molecule has 1 aromatic rings. The SMILES string of the molecule is CC(C)c1ccc2c(c1)C(C)CCC2. The summed E-state index contributed by atoms with van der Waals surface area (Å²) < 4.78 is 0. The van der Waals surface area contributed by atoms with E-state index in [1.54, 1.807) is 11.1 Å². The van der Waals surface area contributed by atoms with E-state index < -0.39 is 0 Å². The lowest BCUT2D eigenvalue weighted by Gasteiger charge is -2.23. The summed E-state index contributed by atoms with van der Waals surface area (Å²) in [6.07, 6.45) is 4.03. The van der Waals surface area contributed by atoms with E-state index in [1.807, 2.05) is 0 Å². The molecule has 0 nitrogen and oxygen atoms in total. The molecule has 0 spiro atoms. The van der Waals surface area contributed by atoms with Crippen molar-refractivity contribution in [1.29, 1.82) is 0 Å². The van der Waals surface area contributed by atoms with Gasteiger partial charge in [-0.2, -0.15) is 0 Å². The summed E-state index contributed by atoms with van der Waals surface area (Å²) >= 11 is 0. The molecule has 0 saturated heterocycles. The van der Waals surface area contributed by atoms with Gasteiger partial charge in [0.1, 0.15) is 0 Å². The van der Waals surface area contributed by atoms with Gasteiger partial charge in [-0.25, -0.2) is 0 Å². The Labute approximate surface area is 87.3 Å². The normalized spacial score (nSPS) is 21.0. The maximum atomic E-state index is 2.43. The van der Waals surface area contributed by atoms with E-state index in [4.69, 9.17) is 0 Å². The van der Waals surface area contributed by atoms with Crippen LogP contribution in [0.25, 0.3) is 0 Å². The van der Waals surface area contributed by atoms with Gasteiger partial charge in [0.15, 0.2) is 0 Å².